The van der Waals surface area contributed by atoms with E-state index in [9.17, 15) is 8.42 Å². The fourth-order valence-corrected chi connectivity index (χ4v) is 4.29. The minimum Gasteiger partial charge on any atom is -0.298 e. The van der Waals surface area contributed by atoms with Crippen molar-refractivity contribution in [1.82, 2.24) is 4.90 Å². The molecule has 0 bridgehead atoms. The van der Waals surface area contributed by atoms with E-state index in [0.717, 1.165) is 11.9 Å². The van der Waals surface area contributed by atoms with Gasteiger partial charge in [0.15, 0.2) is 9.84 Å². The average Bonchev–Trinajstić information content (AvgIpc) is 2.54. The summed E-state index contributed by atoms with van der Waals surface area (Å²) in [6, 6.07) is 0.491. The van der Waals surface area contributed by atoms with Crippen molar-refractivity contribution in [2.75, 3.05) is 24.2 Å². The zero-order chi connectivity index (χ0) is 13.3. The number of hydrogen-bond donors (Lipinski definition) is 0. The molecule has 0 aromatic rings. The van der Waals surface area contributed by atoms with Gasteiger partial charge in [-0.05, 0) is 39.7 Å². The van der Waals surface area contributed by atoms with Crippen molar-refractivity contribution >= 4 is 25.8 Å². The number of rotatable bonds is 4. The minimum absolute atomic E-state index is 0.271. The van der Waals surface area contributed by atoms with Gasteiger partial charge in [0.25, 0.3) is 0 Å². The van der Waals surface area contributed by atoms with E-state index in [2.05, 4.69) is 27.8 Å². The van der Waals surface area contributed by atoms with E-state index in [1.54, 1.807) is 20.8 Å². The standard InChI is InChI=1S/C12H24BrNO2S/c1-10-5-6-14(11(10)9-13)7-8-17(15,16)12(2,3)4/h10-11H,5-9H2,1-4H3. The van der Waals surface area contributed by atoms with Crippen molar-refractivity contribution in [1.29, 1.82) is 0 Å². The highest BCUT2D eigenvalue weighted by molar-refractivity contribution is 9.09. The SMILES string of the molecule is CC1CCN(CCS(=O)(=O)C(C)(C)C)C1CBr. The Morgan fingerprint density at radius 1 is 1.35 bits per heavy atom. The summed E-state index contributed by atoms with van der Waals surface area (Å²) in [6.45, 7) is 9.26. The van der Waals surface area contributed by atoms with Crippen LogP contribution in [-0.2, 0) is 9.84 Å². The Bertz CT molecular complexity index is 348. The molecule has 1 aliphatic rings. The summed E-state index contributed by atoms with van der Waals surface area (Å²) < 4.78 is 23.5. The van der Waals surface area contributed by atoms with Gasteiger partial charge in [0, 0.05) is 17.9 Å². The molecular formula is C12H24BrNO2S. The van der Waals surface area contributed by atoms with Crippen LogP contribution in [0.3, 0.4) is 0 Å². The largest absolute Gasteiger partial charge is 0.298 e. The van der Waals surface area contributed by atoms with Crippen LogP contribution in [0.15, 0.2) is 0 Å². The molecule has 0 aliphatic carbocycles. The molecule has 0 aromatic heterocycles. The lowest BCUT2D eigenvalue weighted by atomic mass is 10.1. The maximum atomic E-state index is 12.0. The van der Waals surface area contributed by atoms with E-state index in [-0.39, 0.29) is 5.75 Å². The molecule has 1 saturated heterocycles. The predicted molar refractivity (Wildman–Crippen MR) is 76.5 cm³/mol. The van der Waals surface area contributed by atoms with Crippen LogP contribution in [-0.4, -0.2) is 48.3 Å². The van der Waals surface area contributed by atoms with E-state index in [4.69, 9.17) is 0 Å². The lowest BCUT2D eigenvalue weighted by Gasteiger charge is -2.27. The van der Waals surface area contributed by atoms with Crippen LogP contribution in [0.4, 0.5) is 0 Å². The molecule has 0 radical (unpaired) electrons. The summed E-state index contributed by atoms with van der Waals surface area (Å²) >= 11 is 3.53. The van der Waals surface area contributed by atoms with Crippen molar-refractivity contribution in [2.24, 2.45) is 5.92 Å². The lowest BCUT2D eigenvalue weighted by Crippen LogP contribution is -2.40. The van der Waals surface area contributed by atoms with Crippen LogP contribution >= 0.6 is 15.9 Å². The van der Waals surface area contributed by atoms with Crippen molar-refractivity contribution < 1.29 is 8.42 Å². The monoisotopic (exact) mass is 325 g/mol. The highest BCUT2D eigenvalue weighted by atomic mass is 79.9. The summed E-state index contributed by atoms with van der Waals surface area (Å²) in [7, 11) is -2.99. The lowest BCUT2D eigenvalue weighted by molar-refractivity contribution is 0.266. The second-order valence-corrected chi connectivity index (χ2v) is 9.46. The second kappa shape index (κ2) is 5.57. The molecular weight excluding hydrogens is 302 g/mol. The maximum absolute atomic E-state index is 12.0. The molecule has 1 fully saturated rings. The number of sulfone groups is 1. The molecule has 1 heterocycles. The summed E-state index contributed by atoms with van der Waals surface area (Å²) in [5.74, 6) is 0.930. The fourth-order valence-electron chi connectivity index (χ4n) is 2.16. The molecule has 1 rings (SSSR count). The summed E-state index contributed by atoms with van der Waals surface area (Å²) in [4.78, 5) is 2.31. The van der Waals surface area contributed by atoms with Gasteiger partial charge >= 0.3 is 0 Å². The molecule has 5 heteroatoms. The molecule has 3 nitrogen and oxygen atoms in total. The highest BCUT2D eigenvalue weighted by Gasteiger charge is 2.33. The molecule has 17 heavy (non-hydrogen) atoms. The van der Waals surface area contributed by atoms with E-state index in [1.807, 2.05) is 0 Å². The summed E-state index contributed by atoms with van der Waals surface area (Å²) in [5.41, 5.74) is 0. The van der Waals surface area contributed by atoms with Crippen molar-refractivity contribution in [3.8, 4) is 0 Å². The minimum atomic E-state index is -2.99. The van der Waals surface area contributed by atoms with Crippen LogP contribution in [0.25, 0.3) is 0 Å². The molecule has 0 spiro atoms. The van der Waals surface area contributed by atoms with Crippen LogP contribution in [0.1, 0.15) is 34.1 Å². The van der Waals surface area contributed by atoms with Gasteiger partial charge in [-0.1, -0.05) is 22.9 Å². The Labute approximate surface area is 114 Å². The third kappa shape index (κ3) is 3.67. The molecule has 102 valence electrons. The van der Waals surface area contributed by atoms with Gasteiger partial charge in [-0.3, -0.25) is 4.90 Å². The fraction of sp³-hybridized carbons (Fsp3) is 1.00. The molecule has 0 amide bonds. The zero-order valence-corrected chi connectivity index (χ0v) is 13.6. The first-order valence-corrected chi connectivity index (χ1v) is 8.98. The average molecular weight is 326 g/mol. The predicted octanol–water partition coefficient (Wildman–Crippen LogP) is 2.30. The number of alkyl halides is 1. The Morgan fingerprint density at radius 3 is 2.41 bits per heavy atom. The quantitative estimate of drug-likeness (QED) is 0.744. The number of hydrogen-bond acceptors (Lipinski definition) is 3. The van der Waals surface area contributed by atoms with Gasteiger partial charge in [-0.2, -0.15) is 0 Å². The van der Waals surface area contributed by atoms with Gasteiger partial charge in [0.2, 0.25) is 0 Å². The first-order valence-electron chi connectivity index (χ1n) is 6.21. The number of nitrogens with zero attached hydrogens (tertiary/aromatic N) is 1. The van der Waals surface area contributed by atoms with Crippen molar-refractivity contribution in [2.45, 2.75) is 44.9 Å². The molecule has 0 saturated carbocycles. The summed E-state index contributed by atoms with van der Waals surface area (Å²) in [5, 5.41) is 0.934. The van der Waals surface area contributed by atoms with Gasteiger partial charge in [0.1, 0.15) is 0 Å². The van der Waals surface area contributed by atoms with E-state index >= 15 is 0 Å². The van der Waals surface area contributed by atoms with Gasteiger partial charge < -0.3 is 0 Å². The Kier molecular flexibility index (Phi) is 5.07. The van der Waals surface area contributed by atoms with Crippen LogP contribution in [0, 0.1) is 5.92 Å². The summed E-state index contributed by atoms with van der Waals surface area (Å²) in [6.07, 6.45) is 1.17. The third-order valence-electron chi connectivity index (χ3n) is 3.74. The van der Waals surface area contributed by atoms with Crippen molar-refractivity contribution in [3.63, 3.8) is 0 Å². The van der Waals surface area contributed by atoms with Crippen LogP contribution in [0.5, 0.6) is 0 Å². The first-order chi connectivity index (χ1) is 7.69. The molecule has 1 aliphatic heterocycles. The smallest absolute Gasteiger partial charge is 0.156 e. The first kappa shape index (κ1) is 15.4. The molecule has 0 aromatic carbocycles. The Morgan fingerprint density at radius 2 is 1.94 bits per heavy atom. The number of halogens is 1. The Balaban J connectivity index is 2.58. The van der Waals surface area contributed by atoms with Crippen LogP contribution < -0.4 is 0 Å². The van der Waals surface area contributed by atoms with E-state index < -0.39 is 14.6 Å². The second-order valence-electron chi connectivity index (χ2n) is 5.95. The van der Waals surface area contributed by atoms with Gasteiger partial charge in [-0.15, -0.1) is 0 Å². The number of likely N-dealkylation sites (tertiary alicyclic amines) is 1. The molecule has 0 N–H and O–H groups in total. The van der Waals surface area contributed by atoms with Gasteiger partial charge in [0.05, 0.1) is 10.5 Å². The van der Waals surface area contributed by atoms with Crippen LogP contribution in [0.2, 0.25) is 0 Å². The highest BCUT2D eigenvalue weighted by Crippen LogP contribution is 2.25. The van der Waals surface area contributed by atoms with E-state index in [1.165, 1.54) is 6.42 Å². The topological polar surface area (TPSA) is 37.4 Å². The van der Waals surface area contributed by atoms with Crippen molar-refractivity contribution in [3.05, 3.63) is 0 Å². The Hall–Kier alpha value is 0.390. The maximum Gasteiger partial charge on any atom is 0.156 e. The normalized spacial score (nSPS) is 27.6. The van der Waals surface area contributed by atoms with Gasteiger partial charge in [-0.25, -0.2) is 8.42 Å². The zero-order valence-electron chi connectivity index (χ0n) is 11.2. The molecule has 2 atom stereocenters. The third-order valence-corrected chi connectivity index (χ3v) is 6.99. The molecule has 2 unspecified atom stereocenters. The van der Waals surface area contributed by atoms with E-state index in [0.29, 0.717) is 18.5 Å².